The fraction of sp³-hybridized carbons (Fsp3) is 0.222. The Morgan fingerprint density at radius 3 is 2.33 bits per heavy atom. The zero-order valence-corrected chi connectivity index (χ0v) is 8.41. The molecule has 0 aliphatic heterocycles. The van der Waals surface area contributed by atoms with E-state index in [1.165, 1.54) is 0 Å². The summed E-state index contributed by atoms with van der Waals surface area (Å²) in [6.45, 7) is 1.13. The summed E-state index contributed by atoms with van der Waals surface area (Å²) in [4.78, 5) is 11.0. The highest BCUT2D eigenvalue weighted by molar-refractivity contribution is 6.34. The summed E-state index contributed by atoms with van der Waals surface area (Å²) in [6.07, 6.45) is -4.54. The average molecular weight is 238 g/mol. The quantitative estimate of drug-likeness (QED) is 0.602. The highest BCUT2D eigenvalue weighted by Gasteiger charge is 2.32. The molecular formula is C9H7ClF3NO. The fourth-order valence-corrected chi connectivity index (χ4v) is 1.29. The third-order valence-corrected chi connectivity index (χ3v) is 2.15. The number of benzene rings is 1. The van der Waals surface area contributed by atoms with E-state index in [4.69, 9.17) is 17.3 Å². The van der Waals surface area contributed by atoms with Crippen LogP contribution in [-0.2, 0) is 6.18 Å². The first-order valence-electron chi connectivity index (χ1n) is 3.90. The Labute approximate surface area is 88.8 Å². The summed E-state index contributed by atoms with van der Waals surface area (Å²) in [5, 5.41) is -0.268. The lowest BCUT2D eigenvalue weighted by atomic mass is 10.1. The van der Waals surface area contributed by atoms with Crippen molar-refractivity contribution in [1.29, 1.82) is 0 Å². The molecule has 1 rings (SSSR count). The van der Waals surface area contributed by atoms with E-state index >= 15 is 0 Å². The van der Waals surface area contributed by atoms with Crippen molar-refractivity contribution in [1.82, 2.24) is 0 Å². The van der Waals surface area contributed by atoms with Crippen LogP contribution in [0.4, 0.5) is 18.9 Å². The number of ketones is 1. The topological polar surface area (TPSA) is 43.1 Å². The molecule has 0 aliphatic carbocycles. The van der Waals surface area contributed by atoms with Gasteiger partial charge in [0.25, 0.3) is 0 Å². The molecule has 2 nitrogen and oxygen atoms in total. The van der Waals surface area contributed by atoms with Crippen molar-refractivity contribution in [3.8, 4) is 0 Å². The number of anilines is 1. The van der Waals surface area contributed by atoms with Crippen molar-refractivity contribution in [3.05, 3.63) is 28.3 Å². The Bertz CT molecular complexity index is 415. The highest BCUT2D eigenvalue weighted by Crippen LogP contribution is 2.35. The van der Waals surface area contributed by atoms with Crippen LogP contribution in [-0.4, -0.2) is 5.78 Å². The van der Waals surface area contributed by atoms with Crippen LogP contribution in [0, 0.1) is 0 Å². The molecular weight excluding hydrogens is 231 g/mol. The second-order valence-electron chi connectivity index (χ2n) is 2.97. The number of Topliss-reactive ketones (excluding diaryl/α,β-unsaturated/α-hetero) is 1. The van der Waals surface area contributed by atoms with Crippen LogP contribution in [0.15, 0.2) is 12.1 Å². The molecule has 0 aromatic heterocycles. The monoisotopic (exact) mass is 237 g/mol. The molecule has 0 saturated carbocycles. The van der Waals surface area contributed by atoms with Gasteiger partial charge < -0.3 is 5.73 Å². The van der Waals surface area contributed by atoms with E-state index in [2.05, 4.69) is 0 Å². The van der Waals surface area contributed by atoms with Crippen molar-refractivity contribution in [2.75, 3.05) is 5.73 Å². The summed E-state index contributed by atoms with van der Waals surface area (Å²) in [7, 11) is 0. The predicted octanol–water partition coefficient (Wildman–Crippen LogP) is 3.14. The maximum Gasteiger partial charge on any atom is 0.416 e. The molecule has 82 valence electrons. The minimum absolute atomic E-state index is 0.128. The standard InChI is InChI=1S/C9H7ClF3NO/c1-4(15)6-2-5(9(11,12)13)3-7(10)8(6)14/h2-3H,14H2,1H3. The summed E-state index contributed by atoms with van der Waals surface area (Å²) < 4.78 is 37.0. The minimum atomic E-state index is -4.54. The fourth-order valence-electron chi connectivity index (χ4n) is 1.07. The van der Waals surface area contributed by atoms with Crippen molar-refractivity contribution in [2.24, 2.45) is 0 Å². The molecule has 0 unspecified atom stereocenters. The first-order chi connectivity index (χ1) is 6.73. The Balaban J connectivity index is 3.43. The van der Waals surface area contributed by atoms with Gasteiger partial charge in [-0.3, -0.25) is 4.79 Å². The number of hydrogen-bond donors (Lipinski definition) is 1. The Kier molecular flexibility index (Phi) is 2.95. The molecule has 2 N–H and O–H groups in total. The lowest BCUT2D eigenvalue weighted by Gasteiger charge is -2.11. The second-order valence-corrected chi connectivity index (χ2v) is 3.38. The number of carbonyl (C=O) groups is 1. The summed E-state index contributed by atoms with van der Waals surface area (Å²) in [5.74, 6) is -0.555. The molecule has 1 aromatic carbocycles. The third kappa shape index (κ3) is 2.41. The number of halogens is 4. The smallest absolute Gasteiger partial charge is 0.397 e. The van der Waals surface area contributed by atoms with Crippen LogP contribution in [0.5, 0.6) is 0 Å². The maximum absolute atomic E-state index is 12.3. The predicted molar refractivity (Wildman–Crippen MR) is 50.9 cm³/mol. The van der Waals surface area contributed by atoms with Gasteiger partial charge in [0.15, 0.2) is 5.78 Å². The van der Waals surface area contributed by atoms with E-state index in [-0.39, 0.29) is 16.3 Å². The van der Waals surface area contributed by atoms with Crippen LogP contribution in [0.25, 0.3) is 0 Å². The number of nitrogen functional groups attached to an aromatic ring is 1. The molecule has 0 aliphatic rings. The van der Waals surface area contributed by atoms with Crippen LogP contribution in [0.2, 0.25) is 5.02 Å². The zero-order chi connectivity index (χ0) is 11.8. The average Bonchev–Trinajstić information content (AvgIpc) is 2.06. The van der Waals surface area contributed by atoms with Crippen molar-refractivity contribution in [2.45, 2.75) is 13.1 Å². The van der Waals surface area contributed by atoms with Gasteiger partial charge in [0.1, 0.15) is 0 Å². The van der Waals surface area contributed by atoms with Crippen molar-refractivity contribution < 1.29 is 18.0 Å². The van der Waals surface area contributed by atoms with Gasteiger partial charge in [0, 0.05) is 5.56 Å². The molecule has 6 heteroatoms. The van der Waals surface area contributed by atoms with Gasteiger partial charge in [-0.25, -0.2) is 0 Å². The molecule has 0 spiro atoms. The SMILES string of the molecule is CC(=O)c1cc(C(F)(F)F)cc(Cl)c1N. The zero-order valence-electron chi connectivity index (χ0n) is 7.65. The Morgan fingerprint density at radius 1 is 1.40 bits per heavy atom. The third-order valence-electron chi connectivity index (χ3n) is 1.84. The van der Waals surface area contributed by atoms with Gasteiger partial charge in [0.2, 0.25) is 0 Å². The molecule has 0 bridgehead atoms. The van der Waals surface area contributed by atoms with Gasteiger partial charge in [-0.2, -0.15) is 13.2 Å². The maximum atomic E-state index is 12.3. The van der Waals surface area contributed by atoms with Gasteiger partial charge in [0.05, 0.1) is 16.3 Å². The van der Waals surface area contributed by atoms with Crippen LogP contribution < -0.4 is 5.73 Å². The van der Waals surface area contributed by atoms with Gasteiger partial charge in [-0.15, -0.1) is 0 Å². The summed E-state index contributed by atoms with van der Waals surface area (Å²) in [6, 6.07) is 1.40. The van der Waals surface area contributed by atoms with Crippen LogP contribution >= 0.6 is 11.6 Å². The van der Waals surface area contributed by atoms with E-state index < -0.39 is 17.5 Å². The summed E-state index contributed by atoms with van der Waals surface area (Å²) >= 11 is 5.49. The van der Waals surface area contributed by atoms with Crippen molar-refractivity contribution in [3.63, 3.8) is 0 Å². The van der Waals surface area contributed by atoms with Crippen molar-refractivity contribution >= 4 is 23.1 Å². The molecule has 0 radical (unpaired) electrons. The molecule has 0 saturated heterocycles. The number of nitrogens with two attached hydrogens (primary N) is 1. The van der Waals surface area contributed by atoms with E-state index in [9.17, 15) is 18.0 Å². The molecule has 0 heterocycles. The second kappa shape index (κ2) is 3.73. The highest BCUT2D eigenvalue weighted by atomic mass is 35.5. The Morgan fingerprint density at radius 2 is 1.93 bits per heavy atom. The molecule has 1 aromatic rings. The lowest BCUT2D eigenvalue weighted by Crippen LogP contribution is -2.09. The summed E-state index contributed by atoms with van der Waals surface area (Å²) in [5.41, 5.74) is 4.06. The number of rotatable bonds is 1. The normalized spacial score (nSPS) is 11.5. The van der Waals surface area contributed by atoms with E-state index in [0.29, 0.717) is 12.1 Å². The van der Waals surface area contributed by atoms with E-state index in [1.54, 1.807) is 0 Å². The van der Waals surface area contributed by atoms with Gasteiger partial charge >= 0.3 is 6.18 Å². The molecule has 0 atom stereocenters. The largest absolute Gasteiger partial charge is 0.416 e. The minimum Gasteiger partial charge on any atom is -0.397 e. The lowest BCUT2D eigenvalue weighted by molar-refractivity contribution is -0.137. The van der Waals surface area contributed by atoms with Crippen LogP contribution in [0.1, 0.15) is 22.8 Å². The van der Waals surface area contributed by atoms with Crippen LogP contribution in [0.3, 0.4) is 0 Å². The van der Waals surface area contributed by atoms with Gasteiger partial charge in [-0.05, 0) is 19.1 Å². The first kappa shape index (κ1) is 11.8. The Hall–Kier alpha value is -1.23. The molecule has 15 heavy (non-hydrogen) atoms. The van der Waals surface area contributed by atoms with Gasteiger partial charge in [-0.1, -0.05) is 11.6 Å². The molecule has 0 fully saturated rings. The van der Waals surface area contributed by atoms with E-state index in [1.807, 2.05) is 0 Å². The number of alkyl halides is 3. The first-order valence-corrected chi connectivity index (χ1v) is 4.28. The molecule has 0 amide bonds. The number of carbonyl (C=O) groups excluding carboxylic acids is 1. The van der Waals surface area contributed by atoms with E-state index in [0.717, 1.165) is 6.92 Å². The number of hydrogen-bond acceptors (Lipinski definition) is 2.